The lowest BCUT2D eigenvalue weighted by atomic mass is 9.92. The van der Waals surface area contributed by atoms with Crippen molar-refractivity contribution in [1.82, 2.24) is 0 Å². The maximum atomic E-state index is 6.33. The Kier molecular flexibility index (Phi) is 2.98. The van der Waals surface area contributed by atoms with Gasteiger partial charge in [0, 0.05) is 12.8 Å². The maximum absolute atomic E-state index is 6.33. The number of nitrogens with zero attached hydrogens (tertiary/aromatic N) is 2. The van der Waals surface area contributed by atoms with Crippen LogP contribution in [0.4, 0.5) is 0 Å². The smallest absolute Gasteiger partial charge is 0.199 e. The van der Waals surface area contributed by atoms with Crippen molar-refractivity contribution >= 4 is 11.8 Å². The van der Waals surface area contributed by atoms with Crippen molar-refractivity contribution in [2.45, 2.75) is 51.0 Å². The molecule has 2 aliphatic carbocycles. The largest absolute Gasteiger partial charge is 0.474 e. The molecule has 0 saturated heterocycles. The second-order valence-electron chi connectivity index (χ2n) is 8.50. The van der Waals surface area contributed by atoms with Gasteiger partial charge in [-0.2, -0.15) is 0 Å². The summed E-state index contributed by atoms with van der Waals surface area (Å²) in [6.45, 7) is 4.23. The van der Waals surface area contributed by atoms with Gasteiger partial charge < -0.3 is 9.47 Å². The van der Waals surface area contributed by atoms with E-state index in [1.165, 1.54) is 22.3 Å². The van der Waals surface area contributed by atoms with Crippen LogP contribution in [0.2, 0.25) is 0 Å². The van der Waals surface area contributed by atoms with Crippen molar-refractivity contribution in [3.8, 4) is 0 Å². The van der Waals surface area contributed by atoms with Gasteiger partial charge in [-0.05, 0) is 36.1 Å². The van der Waals surface area contributed by atoms with Crippen LogP contribution in [0.15, 0.2) is 58.5 Å². The third-order valence-electron chi connectivity index (χ3n) is 6.40. The highest BCUT2D eigenvalue weighted by Gasteiger charge is 2.50. The molecule has 6 rings (SSSR count). The predicted octanol–water partition coefficient (Wildman–Crippen LogP) is 4.20. The van der Waals surface area contributed by atoms with E-state index in [1.54, 1.807) is 0 Å². The minimum Gasteiger partial charge on any atom is -0.474 e. The first kappa shape index (κ1) is 15.4. The van der Waals surface area contributed by atoms with Gasteiger partial charge in [0.25, 0.3) is 0 Å². The second kappa shape index (κ2) is 5.22. The Morgan fingerprint density at radius 2 is 1.19 bits per heavy atom. The molecule has 4 aliphatic rings. The van der Waals surface area contributed by atoms with Gasteiger partial charge >= 0.3 is 0 Å². The molecule has 0 radical (unpaired) electrons. The normalized spacial score (nSPS) is 29.9. The van der Waals surface area contributed by atoms with Crippen LogP contribution in [0.25, 0.3) is 0 Å². The van der Waals surface area contributed by atoms with E-state index in [9.17, 15) is 0 Å². The van der Waals surface area contributed by atoms with Gasteiger partial charge in [0.05, 0.1) is 0 Å². The number of ether oxygens (including phenoxy) is 2. The third kappa shape index (κ3) is 2.10. The van der Waals surface area contributed by atoms with Crippen molar-refractivity contribution in [3.05, 3.63) is 70.8 Å². The fourth-order valence-electron chi connectivity index (χ4n) is 4.90. The molecule has 136 valence electrons. The maximum Gasteiger partial charge on any atom is 0.199 e. The van der Waals surface area contributed by atoms with Crippen molar-refractivity contribution in [2.24, 2.45) is 15.4 Å². The summed E-state index contributed by atoms with van der Waals surface area (Å²) in [5.74, 6) is 1.53. The Balaban J connectivity index is 1.32. The summed E-state index contributed by atoms with van der Waals surface area (Å²) in [6.07, 6.45) is 2.07. The number of aliphatic imine (C=N–C) groups is 2. The van der Waals surface area contributed by atoms with Crippen LogP contribution in [0.3, 0.4) is 0 Å². The van der Waals surface area contributed by atoms with Crippen LogP contribution in [-0.2, 0) is 22.3 Å². The van der Waals surface area contributed by atoms with Crippen molar-refractivity contribution in [1.29, 1.82) is 0 Å². The van der Waals surface area contributed by atoms with Crippen LogP contribution in [0.5, 0.6) is 0 Å². The minimum atomic E-state index is -0.446. The average molecular weight is 358 g/mol. The van der Waals surface area contributed by atoms with Crippen molar-refractivity contribution in [3.63, 3.8) is 0 Å². The summed E-state index contributed by atoms with van der Waals surface area (Å²) in [5.41, 5.74) is 4.86. The molecule has 4 heteroatoms. The monoisotopic (exact) mass is 358 g/mol. The summed E-state index contributed by atoms with van der Waals surface area (Å²) in [5, 5.41) is 0. The molecular formula is C23H22N2O2. The van der Waals surface area contributed by atoms with Gasteiger partial charge in [0.2, 0.25) is 0 Å². The first-order chi connectivity index (χ1) is 13.1. The first-order valence-corrected chi connectivity index (χ1v) is 9.77. The van der Waals surface area contributed by atoms with E-state index >= 15 is 0 Å². The highest BCUT2D eigenvalue weighted by molar-refractivity contribution is 6.05. The summed E-state index contributed by atoms with van der Waals surface area (Å²) < 4.78 is 12.7. The molecule has 0 aromatic heterocycles. The first-order valence-electron chi connectivity index (χ1n) is 9.77. The molecule has 4 atom stereocenters. The number of rotatable bonds is 2. The molecule has 2 aliphatic heterocycles. The SMILES string of the molecule is CC(C)(C1=NC2c3ccccc3CC2O1)C1=NC2c3ccccc3CC2O1. The minimum absolute atomic E-state index is 0.109. The topological polar surface area (TPSA) is 43.2 Å². The van der Waals surface area contributed by atoms with Gasteiger partial charge in [-0.1, -0.05) is 48.5 Å². The zero-order valence-corrected chi connectivity index (χ0v) is 15.6. The molecule has 0 N–H and O–H groups in total. The van der Waals surface area contributed by atoms with E-state index in [0.717, 1.165) is 24.6 Å². The van der Waals surface area contributed by atoms with E-state index in [0.29, 0.717) is 0 Å². The number of hydrogen-bond acceptors (Lipinski definition) is 4. The Morgan fingerprint density at radius 3 is 1.67 bits per heavy atom. The average Bonchev–Trinajstić information content (AvgIpc) is 3.39. The molecule has 0 fully saturated rings. The Labute approximate surface area is 158 Å². The summed E-state index contributed by atoms with van der Waals surface area (Å²) in [6, 6.07) is 17.3. The molecule has 0 saturated carbocycles. The van der Waals surface area contributed by atoms with Crippen LogP contribution >= 0.6 is 0 Å². The van der Waals surface area contributed by atoms with E-state index in [2.05, 4.69) is 62.4 Å². The molecular weight excluding hydrogens is 336 g/mol. The number of hydrogen-bond donors (Lipinski definition) is 0. The van der Waals surface area contributed by atoms with Gasteiger partial charge in [0.15, 0.2) is 11.8 Å². The molecule has 27 heavy (non-hydrogen) atoms. The number of benzene rings is 2. The van der Waals surface area contributed by atoms with E-state index < -0.39 is 5.41 Å². The zero-order valence-electron chi connectivity index (χ0n) is 15.6. The summed E-state index contributed by atoms with van der Waals surface area (Å²) in [7, 11) is 0. The molecule has 0 spiro atoms. The number of fused-ring (bicyclic) bond motifs is 6. The highest BCUT2D eigenvalue weighted by Crippen LogP contribution is 2.46. The van der Waals surface area contributed by atoms with Gasteiger partial charge in [0.1, 0.15) is 29.7 Å². The van der Waals surface area contributed by atoms with E-state index in [1.807, 2.05) is 0 Å². The molecule has 0 amide bonds. The lowest BCUT2D eigenvalue weighted by Gasteiger charge is -2.25. The highest BCUT2D eigenvalue weighted by atomic mass is 16.5. The van der Waals surface area contributed by atoms with Crippen LogP contribution < -0.4 is 0 Å². The van der Waals surface area contributed by atoms with Crippen LogP contribution in [-0.4, -0.2) is 24.0 Å². The molecule has 4 nitrogen and oxygen atoms in total. The lowest BCUT2D eigenvalue weighted by molar-refractivity contribution is 0.170. The molecule has 2 aromatic rings. The second-order valence-corrected chi connectivity index (χ2v) is 8.50. The summed E-state index contributed by atoms with van der Waals surface area (Å²) >= 11 is 0. The van der Waals surface area contributed by atoms with Gasteiger partial charge in [-0.25, -0.2) is 9.98 Å². The van der Waals surface area contributed by atoms with Crippen molar-refractivity contribution < 1.29 is 9.47 Å². The Morgan fingerprint density at radius 1 is 0.741 bits per heavy atom. The van der Waals surface area contributed by atoms with Crippen LogP contribution in [0.1, 0.15) is 48.2 Å². The molecule has 0 bridgehead atoms. The third-order valence-corrected chi connectivity index (χ3v) is 6.40. The predicted molar refractivity (Wildman–Crippen MR) is 104 cm³/mol. The molecule has 2 heterocycles. The molecule has 4 unspecified atom stereocenters. The lowest BCUT2D eigenvalue weighted by Crippen LogP contribution is -2.36. The standard InChI is InChI=1S/C23H22N2O2/c1-23(2,21-24-19-15-9-5-3-7-13(15)11-17(19)26-21)22-25-20-16-10-6-4-8-14(16)12-18(20)27-22/h3-10,17-20H,11-12H2,1-2H3. The Bertz CT molecular complexity index is 927. The van der Waals surface area contributed by atoms with E-state index in [-0.39, 0.29) is 24.3 Å². The summed E-state index contributed by atoms with van der Waals surface area (Å²) in [4.78, 5) is 9.96. The molecule has 2 aromatic carbocycles. The van der Waals surface area contributed by atoms with Crippen LogP contribution in [0, 0.1) is 5.41 Å². The van der Waals surface area contributed by atoms with Crippen molar-refractivity contribution in [2.75, 3.05) is 0 Å². The fourth-order valence-corrected chi connectivity index (χ4v) is 4.90. The zero-order chi connectivity index (χ0) is 18.2. The fraction of sp³-hybridized carbons (Fsp3) is 0.391. The van der Waals surface area contributed by atoms with Gasteiger partial charge in [-0.3, -0.25) is 0 Å². The van der Waals surface area contributed by atoms with E-state index in [4.69, 9.17) is 19.5 Å². The van der Waals surface area contributed by atoms with Gasteiger partial charge in [-0.15, -0.1) is 0 Å². The Hall–Kier alpha value is -2.62. The quantitative estimate of drug-likeness (QED) is 0.807.